The Balaban J connectivity index is 1.10. The molecule has 3 N–H and O–H groups in total. The van der Waals surface area contributed by atoms with Crippen molar-refractivity contribution in [2.45, 2.75) is 103 Å². The summed E-state index contributed by atoms with van der Waals surface area (Å²) in [6, 6.07) is 12.5. The summed E-state index contributed by atoms with van der Waals surface area (Å²) < 4.78 is 30.5. The van der Waals surface area contributed by atoms with Crippen molar-refractivity contribution in [2.75, 3.05) is 31.9 Å². The highest BCUT2D eigenvalue weighted by Crippen LogP contribution is 2.42. The van der Waals surface area contributed by atoms with Crippen molar-refractivity contribution in [2.24, 2.45) is 0 Å². The molecule has 0 spiro atoms. The summed E-state index contributed by atoms with van der Waals surface area (Å²) in [4.78, 5) is 22.4. The first kappa shape index (κ1) is 35.3. The first-order chi connectivity index (χ1) is 20.7. The minimum absolute atomic E-state index is 0.153. The van der Waals surface area contributed by atoms with Crippen LogP contribution in [0.5, 0.6) is 0 Å². The van der Waals surface area contributed by atoms with Crippen LogP contribution in [-0.2, 0) is 25.1 Å². The van der Waals surface area contributed by atoms with Crippen LogP contribution in [0, 0.1) is 0 Å². The highest BCUT2D eigenvalue weighted by Gasteiger charge is 2.23. The predicted molar refractivity (Wildman–Crippen MR) is 176 cm³/mol. The van der Waals surface area contributed by atoms with Gasteiger partial charge in [-0.1, -0.05) is 106 Å². The standard InChI is InChI=1S/C31H52N5O5PSi/c1-27(23-36-25-35-29-30(32)33-24-34-31(29)36)40-26-42(37,38)41-21-16-20-39-19-14-9-7-5-4-6-8-10-15-22-43(2,3)28-17-12-11-13-18-28/h11-13,17-18,24-25,27H,4-10,14-16,19-23,26H2,1-3H3,(H,37,38)(H2,32,33,34)/t27-/m1/s1. The van der Waals surface area contributed by atoms with Gasteiger partial charge in [-0.3, -0.25) is 4.57 Å². The van der Waals surface area contributed by atoms with Gasteiger partial charge in [-0.05, 0) is 19.8 Å². The van der Waals surface area contributed by atoms with Crippen LogP contribution in [0.15, 0.2) is 43.0 Å². The fraction of sp³-hybridized carbons (Fsp3) is 0.645. The van der Waals surface area contributed by atoms with E-state index >= 15 is 0 Å². The number of ether oxygens (including phenoxy) is 2. The van der Waals surface area contributed by atoms with E-state index in [1.807, 2.05) is 0 Å². The Labute approximate surface area is 258 Å². The summed E-state index contributed by atoms with van der Waals surface area (Å²) in [5, 5.41) is 1.58. The first-order valence-corrected chi connectivity index (χ1v) is 20.8. The van der Waals surface area contributed by atoms with E-state index in [0.29, 0.717) is 36.6 Å². The van der Waals surface area contributed by atoms with Gasteiger partial charge in [-0.15, -0.1) is 0 Å². The van der Waals surface area contributed by atoms with E-state index in [1.165, 1.54) is 63.7 Å². The van der Waals surface area contributed by atoms with E-state index in [4.69, 9.17) is 19.7 Å². The predicted octanol–water partition coefficient (Wildman–Crippen LogP) is 6.51. The van der Waals surface area contributed by atoms with E-state index in [1.54, 1.807) is 23.0 Å². The Bertz CT molecular complexity index is 1250. The lowest BCUT2D eigenvalue weighted by Gasteiger charge is -2.22. The number of nitrogen functional groups attached to an aromatic ring is 1. The van der Waals surface area contributed by atoms with Crippen LogP contribution in [0.2, 0.25) is 19.1 Å². The van der Waals surface area contributed by atoms with E-state index in [9.17, 15) is 9.46 Å². The number of hydrogen-bond donors (Lipinski definition) is 2. The van der Waals surface area contributed by atoms with Gasteiger partial charge in [-0.25, -0.2) is 15.0 Å². The Hall–Kier alpha value is -2.14. The van der Waals surface area contributed by atoms with Crippen molar-refractivity contribution in [3.63, 3.8) is 0 Å². The van der Waals surface area contributed by atoms with Crippen molar-refractivity contribution in [3.8, 4) is 0 Å². The molecule has 1 unspecified atom stereocenters. The maximum Gasteiger partial charge on any atom is 0.353 e. The number of anilines is 1. The van der Waals surface area contributed by atoms with Crippen LogP contribution in [-0.4, -0.2) is 64.8 Å². The number of aromatic nitrogens is 4. The first-order valence-electron chi connectivity index (χ1n) is 15.8. The van der Waals surface area contributed by atoms with Gasteiger partial charge in [0.15, 0.2) is 11.5 Å². The highest BCUT2D eigenvalue weighted by atomic mass is 31.2. The Morgan fingerprint density at radius 2 is 1.56 bits per heavy atom. The molecule has 0 radical (unpaired) electrons. The molecule has 0 aliphatic rings. The normalized spacial score (nSPS) is 14.2. The van der Waals surface area contributed by atoms with Crippen molar-refractivity contribution in [1.82, 2.24) is 19.5 Å². The molecule has 10 nitrogen and oxygen atoms in total. The number of unbranched alkanes of at least 4 members (excludes halogenated alkanes) is 8. The second-order valence-electron chi connectivity index (χ2n) is 12.1. The Morgan fingerprint density at radius 3 is 2.28 bits per heavy atom. The molecular weight excluding hydrogens is 581 g/mol. The van der Waals surface area contributed by atoms with Crippen molar-refractivity contribution >= 4 is 37.8 Å². The van der Waals surface area contributed by atoms with Gasteiger partial charge < -0.3 is 29.2 Å². The fourth-order valence-electron chi connectivity index (χ4n) is 5.13. The van der Waals surface area contributed by atoms with Gasteiger partial charge in [-0.2, -0.15) is 0 Å². The van der Waals surface area contributed by atoms with Crippen LogP contribution < -0.4 is 10.9 Å². The Kier molecular flexibility index (Phi) is 15.3. The number of nitrogens with zero attached hydrogens (tertiary/aromatic N) is 4. The highest BCUT2D eigenvalue weighted by molar-refractivity contribution is 7.52. The summed E-state index contributed by atoms with van der Waals surface area (Å²) in [5.41, 5.74) is 6.92. The smallest absolute Gasteiger partial charge is 0.353 e. The second kappa shape index (κ2) is 18.6. The molecule has 0 bridgehead atoms. The maximum atomic E-state index is 12.3. The molecule has 43 heavy (non-hydrogen) atoms. The summed E-state index contributed by atoms with van der Waals surface area (Å²) in [5.74, 6) is 0.307. The van der Waals surface area contributed by atoms with Crippen molar-refractivity contribution in [3.05, 3.63) is 43.0 Å². The molecule has 240 valence electrons. The number of rotatable bonds is 23. The third-order valence-electron chi connectivity index (χ3n) is 7.78. The summed E-state index contributed by atoms with van der Waals surface area (Å²) in [6.45, 7) is 8.58. The molecule has 3 rings (SSSR count). The monoisotopic (exact) mass is 633 g/mol. The lowest BCUT2D eigenvalue weighted by Crippen LogP contribution is -2.40. The molecule has 12 heteroatoms. The number of fused-ring (bicyclic) bond motifs is 1. The number of hydrogen-bond acceptors (Lipinski definition) is 8. The van der Waals surface area contributed by atoms with E-state index in [-0.39, 0.29) is 19.1 Å². The lowest BCUT2D eigenvalue weighted by molar-refractivity contribution is 0.0688. The Morgan fingerprint density at radius 1 is 0.907 bits per heavy atom. The zero-order valence-electron chi connectivity index (χ0n) is 26.3. The van der Waals surface area contributed by atoms with Crippen molar-refractivity contribution < 1.29 is 23.5 Å². The molecular formula is C31H52N5O5PSi. The van der Waals surface area contributed by atoms with Crippen LogP contribution in [0.25, 0.3) is 11.2 Å². The zero-order chi connectivity index (χ0) is 31.0. The molecule has 0 fully saturated rings. The second-order valence-corrected chi connectivity index (χ2v) is 18.7. The average Bonchev–Trinajstić information content (AvgIpc) is 3.40. The molecule has 1 aromatic carbocycles. The quantitative estimate of drug-likeness (QED) is 0.0681. The van der Waals surface area contributed by atoms with E-state index in [2.05, 4.69) is 58.4 Å². The molecule has 0 aliphatic heterocycles. The van der Waals surface area contributed by atoms with Gasteiger partial charge >= 0.3 is 7.60 Å². The van der Waals surface area contributed by atoms with Crippen molar-refractivity contribution in [1.29, 1.82) is 0 Å². The van der Waals surface area contributed by atoms with Crippen LogP contribution in [0.4, 0.5) is 5.82 Å². The van der Waals surface area contributed by atoms with Crippen LogP contribution >= 0.6 is 7.60 Å². The molecule has 2 aromatic heterocycles. The van der Waals surface area contributed by atoms with Crippen LogP contribution in [0.3, 0.4) is 0 Å². The van der Waals surface area contributed by atoms with Gasteiger partial charge in [0.1, 0.15) is 18.2 Å². The van der Waals surface area contributed by atoms with Gasteiger partial charge in [0, 0.05) is 13.2 Å². The largest absolute Gasteiger partial charge is 0.382 e. The minimum atomic E-state index is -3.85. The summed E-state index contributed by atoms with van der Waals surface area (Å²) in [6.07, 6.45) is 14.3. The molecule has 3 aromatic rings. The summed E-state index contributed by atoms with van der Waals surface area (Å²) in [7, 11) is -5.12. The average molecular weight is 634 g/mol. The lowest BCUT2D eigenvalue weighted by atomic mass is 10.1. The molecule has 0 saturated heterocycles. The molecule has 2 atom stereocenters. The fourth-order valence-corrected chi connectivity index (χ4v) is 8.58. The number of nitrogens with two attached hydrogens (primary N) is 1. The number of benzene rings is 1. The molecule has 0 aliphatic carbocycles. The third-order valence-corrected chi connectivity index (χ3v) is 12.3. The molecule has 2 heterocycles. The SMILES string of the molecule is C[C@H](Cn1cnc2c(N)ncnc21)OCP(=O)(O)OCCCOCCCCCCCCCCC[Si](C)(C)c1ccccc1. The van der Waals surface area contributed by atoms with E-state index in [0.717, 1.165) is 13.0 Å². The number of imidazole rings is 1. The summed E-state index contributed by atoms with van der Waals surface area (Å²) >= 11 is 0. The minimum Gasteiger partial charge on any atom is -0.382 e. The molecule has 0 amide bonds. The van der Waals surface area contributed by atoms with Gasteiger partial charge in [0.25, 0.3) is 0 Å². The third kappa shape index (κ3) is 13.2. The van der Waals surface area contributed by atoms with Gasteiger partial charge in [0.05, 0.1) is 33.7 Å². The molecule has 0 saturated carbocycles. The zero-order valence-corrected chi connectivity index (χ0v) is 28.2. The van der Waals surface area contributed by atoms with Gasteiger partial charge in [0.2, 0.25) is 0 Å². The van der Waals surface area contributed by atoms with E-state index < -0.39 is 15.7 Å². The van der Waals surface area contributed by atoms with Crippen LogP contribution in [0.1, 0.15) is 71.1 Å². The maximum absolute atomic E-state index is 12.3. The topological polar surface area (TPSA) is 135 Å².